The number of nitrogens with zero attached hydrogens (tertiary/aromatic N) is 3. The number of fused-ring (bicyclic) bond motifs is 1. The molecule has 0 saturated heterocycles. The van der Waals surface area contributed by atoms with Crippen LogP contribution in [0.5, 0.6) is 0 Å². The van der Waals surface area contributed by atoms with E-state index in [1.807, 2.05) is 13.0 Å². The van der Waals surface area contributed by atoms with Gasteiger partial charge in [-0.15, -0.1) is 0 Å². The molecule has 0 aliphatic carbocycles. The highest BCUT2D eigenvalue weighted by molar-refractivity contribution is 5.56. The summed E-state index contributed by atoms with van der Waals surface area (Å²) in [4.78, 5) is 4.14. The zero-order valence-electron chi connectivity index (χ0n) is 16.8. The lowest BCUT2D eigenvalue weighted by molar-refractivity contribution is 0.130. The summed E-state index contributed by atoms with van der Waals surface area (Å²) >= 11 is 0. The van der Waals surface area contributed by atoms with E-state index >= 15 is 0 Å². The monoisotopic (exact) mass is 349 g/mol. The van der Waals surface area contributed by atoms with Gasteiger partial charge < -0.3 is 0 Å². The summed E-state index contributed by atoms with van der Waals surface area (Å²) in [5, 5.41) is 4.45. The fraction of sp³-hybridized carbons (Fsp3) is 0.348. The summed E-state index contributed by atoms with van der Waals surface area (Å²) in [7, 11) is 2.11. The van der Waals surface area contributed by atoms with Gasteiger partial charge in [0.1, 0.15) is 0 Å². The number of hydrogen-bond acceptors (Lipinski definition) is 3. The summed E-state index contributed by atoms with van der Waals surface area (Å²) in [6, 6.07) is 0. The van der Waals surface area contributed by atoms with Crippen molar-refractivity contribution < 1.29 is 0 Å². The van der Waals surface area contributed by atoms with Gasteiger partial charge in [-0.3, -0.25) is 10.0 Å². The van der Waals surface area contributed by atoms with Crippen LogP contribution >= 0.6 is 0 Å². The molecule has 0 bridgehead atoms. The highest BCUT2D eigenvalue weighted by Gasteiger charge is 2.27. The fourth-order valence-electron chi connectivity index (χ4n) is 2.95. The predicted molar refractivity (Wildman–Crippen MR) is 114 cm³/mol. The van der Waals surface area contributed by atoms with Crippen molar-refractivity contribution >= 4 is 6.21 Å². The van der Waals surface area contributed by atoms with Gasteiger partial charge in [0, 0.05) is 32.2 Å². The second-order valence-corrected chi connectivity index (χ2v) is 6.60. The van der Waals surface area contributed by atoms with E-state index in [0.29, 0.717) is 0 Å². The maximum Gasteiger partial charge on any atom is 0.0625 e. The average molecular weight is 350 g/mol. The molecule has 3 heteroatoms. The molecule has 2 aliphatic rings. The minimum absolute atomic E-state index is 0.850. The van der Waals surface area contributed by atoms with Crippen LogP contribution in [0.4, 0.5) is 0 Å². The Morgan fingerprint density at radius 2 is 2.00 bits per heavy atom. The number of allylic oxidation sites excluding steroid dienone is 8. The zero-order valence-corrected chi connectivity index (χ0v) is 16.8. The third-order valence-electron chi connectivity index (χ3n) is 4.77. The van der Waals surface area contributed by atoms with Crippen LogP contribution < -0.4 is 0 Å². The van der Waals surface area contributed by atoms with E-state index in [2.05, 4.69) is 79.9 Å². The molecule has 2 rings (SSSR count). The second kappa shape index (κ2) is 9.35. The van der Waals surface area contributed by atoms with Gasteiger partial charge in [-0.05, 0) is 61.1 Å². The van der Waals surface area contributed by atoms with Crippen molar-refractivity contribution in [2.75, 3.05) is 13.6 Å². The Hall–Kier alpha value is -2.39. The van der Waals surface area contributed by atoms with Gasteiger partial charge in [0.05, 0.1) is 5.70 Å². The molecular formula is C23H31N3. The molecule has 138 valence electrons. The molecule has 3 nitrogen and oxygen atoms in total. The third-order valence-corrected chi connectivity index (χ3v) is 4.77. The highest BCUT2D eigenvalue weighted by atomic mass is 15.6. The van der Waals surface area contributed by atoms with Crippen molar-refractivity contribution in [2.24, 2.45) is 4.99 Å². The van der Waals surface area contributed by atoms with E-state index in [4.69, 9.17) is 0 Å². The Kier molecular flexibility index (Phi) is 7.16. The molecule has 0 radical (unpaired) electrons. The van der Waals surface area contributed by atoms with Gasteiger partial charge in [0.2, 0.25) is 0 Å². The molecule has 0 spiro atoms. The quantitative estimate of drug-likeness (QED) is 0.433. The lowest BCUT2D eigenvalue weighted by Crippen LogP contribution is -2.30. The van der Waals surface area contributed by atoms with Crippen LogP contribution in [0.3, 0.4) is 0 Å². The predicted octanol–water partition coefficient (Wildman–Crippen LogP) is 5.71. The van der Waals surface area contributed by atoms with Gasteiger partial charge in [-0.25, -0.2) is 5.01 Å². The molecule has 0 aromatic rings. The number of rotatable bonds is 7. The van der Waals surface area contributed by atoms with Crippen molar-refractivity contribution in [3.63, 3.8) is 0 Å². The first-order chi connectivity index (χ1) is 12.5. The van der Waals surface area contributed by atoms with Crippen LogP contribution in [0.1, 0.15) is 40.5 Å². The fourth-order valence-corrected chi connectivity index (χ4v) is 2.95. The molecule has 0 amide bonds. The standard InChI is InChI=1S/C23H31N3/c1-7-18(4)10-11-20(8-2)21-12-13-23-22(17-25(6)26(23)16-21)19(5)14-15-24-9-3/h9-16H,5,7-8,17H2,1-4,6H3/b15-14-,18-10-,20-11+,24-9?. The summed E-state index contributed by atoms with van der Waals surface area (Å²) in [5.41, 5.74) is 7.46. The number of hydrazine groups is 1. The van der Waals surface area contributed by atoms with Crippen LogP contribution in [0, 0.1) is 0 Å². The summed E-state index contributed by atoms with van der Waals surface area (Å²) in [6.07, 6.45) is 18.8. The van der Waals surface area contributed by atoms with Crippen LogP contribution in [0.2, 0.25) is 0 Å². The Morgan fingerprint density at radius 3 is 2.65 bits per heavy atom. The molecule has 0 N–H and O–H groups in total. The molecule has 0 aromatic heterocycles. The van der Waals surface area contributed by atoms with E-state index in [0.717, 1.165) is 25.0 Å². The van der Waals surface area contributed by atoms with Crippen molar-refractivity contribution in [3.05, 3.63) is 82.9 Å². The lowest BCUT2D eigenvalue weighted by Gasteiger charge is -2.28. The van der Waals surface area contributed by atoms with E-state index in [1.54, 1.807) is 12.4 Å². The molecule has 0 unspecified atom stereocenters. The van der Waals surface area contributed by atoms with Gasteiger partial charge in [-0.2, -0.15) is 0 Å². The van der Waals surface area contributed by atoms with Crippen LogP contribution in [0.15, 0.2) is 87.9 Å². The van der Waals surface area contributed by atoms with Crippen molar-refractivity contribution in [1.82, 2.24) is 10.0 Å². The van der Waals surface area contributed by atoms with E-state index < -0.39 is 0 Å². The Labute approximate surface area is 158 Å². The first kappa shape index (κ1) is 19.9. The first-order valence-corrected chi connectivity index (χ1v) is 9.35. The van der Waals surface area contributed by atoms with Crippen LogP contribution in [-0.2, 0) is 0 Å². The minimum atomic E-state index is 0.850. The molecule has 0 atom stereocenters. The van der Waals surface area contributed by atoms with Crippen molar-refractivity contribution in [2.45, 2.75) is 40.5 Å². The van der Waals surface area contributed by atoms with E-state index in [1.165, 1.54) is 28.0 Å². The van der Waals surface area contributed by atoms with E-state index in [-0.39, 0.29) is 0 Å². The third kappa shape index (κ3) is 4.61. The average Bonchev–Trinajstić information content (AvgIpc) is 2.98. The molecular weight excluding hydrogens is 318 g/mol. The maximum atomic E-state index is 4.22. The molecule has 2 heterocycles. The molecule has 0 fully saturated rings. The minimum Gasteiger partial charge on any atom is -0.281 e. The van der Waals surface area contributed by atoms with Crippen LogP contribution in [-0.4, -0.2) is 29.8 Å². The Balaban J connectivity index is 2.30. The van der Waals surface area contributed by atoms with Crippen molar-refractivity contribution in [3.8, 4) is 0 Å². The van der Waals surface area contributed by atoms with Crippen LogP contribution in [0.25, 0.3) is 0 Å². The highest BCUT2D eigenvalue weighted by Crippen LogP contribution is 2.33. The maximum absolute atomic E-state index is 4.22. The van der Waals surface area contributed by atoms with Gasteiger partial charge in [0.25, 0.3) is 0 Å². The first-order valence-electron chi connectivity index (χ1n) is 9.35. The zero-order chi connectivity index (χ0) is 19.1. The van der Waals surface area contributed by atoms with Crippen molar-refractivity contribution in [1.29, 1.82) is 0 Å². The van der Waals surface area contributed by atoms with E-state index in [9.17, 15) is 0 Å². The topological polar surface area (TPSA) is 18.8 Å². The van der Waals surface area contributed by atoms with Gasteiger partial charge >= 0.3 is 0 Å². The number of likely N-dealkylation sites (N-methyl/N-ethyl adjacent to an activating group) is 1. The molecule has 0 aromatic carbocycles. The number of hydrogen-bond donors (Lipinski definition) is 0. The Bertz CT molecular complexity index is 754. The Morgan fingerprint density at radius 1 is 1.23 bits per heavy atom. The summed E-state index contributed by atoms with van der Waals surface area (Å²) in [5.74, 6) is 0. The van der Waals surface area contributed by atoms with Gasteiger partial charge in [-0.1, -0.05) is 44.2 Å². The summed E-state index contributed by atoms with van der Waals surface area (Å²) in [6.45, 7) is 13.6. The molecule has 0 saturated carbocycles. The normalized spacial score (nSPS) is 19.1. The second-order valence-electron chi connectivity index (χ2n) is 6.60. The SMILES string of the molecule is C=C(/C=C\N=CC)C1=C2C=CC(/C(=C/C=C(/C)CC)CC)=CN2N(C)C1. The van der Waals surface area contributed by atoms with Gasteiger partial charge in [0.15, 0.2) is 0 Å². The largest absolute Gasteiger partial charge is 0.281 e. The number of aliphatic imine (C=N–C) groups is 1. The molecule has 26 heavy (non-hydrogen) atoms. The smallest absolute Gasteiger partial charge is 0.0625 e. The lowest BCUT2D eigenvalue weighted by atomic mass is 9.99. The molecule has 2 aliphatic heterocycles. The summed E-state index contributed by atoms with van der Waals surface area (Å²) < 4.78 is 0.